The maximum Gasteiger partial charge on any atom is 0.417 e. The summed E-state index contributed by atoms with van der Waals surface area (Å²) in [5.74, 6) is -1.40. The monoisotopic (exact) mass is 262 g/mol. The smallest absolute Gasteiger partial charge is 0.417 e. The van der Waals surface area contributed by atoms with Gasteiger partial charge in [0, 0.05) is 12.6 Å². The molecule has 0 unspecified atom stereocenters. The molecule has 0 aliphatic carbocycles. The van der Waals surface area contributed by atoms with E-state index in [1.807, 2.05) is 12.1 Å². The number of oxazole rings is 1. The Balaban J connectivity index is 1.84. The highest BCUT2D eigenvalue weighted by Crippen LogP contribution is 2.12. The van der Waals surface area contributed by atoms with E-state index in [1.54, 1.807) is 12.1 Å². The van der Waals surface area contributed by atoms with E-state index in [1.165, 1.54) is 0 Å². The molecule has 0 atom stereocenters. The fraction of sp³-hybridized carbons (Fsp3) is 0.231. The highest BCUT2D eigenvalue weighted by molar-refractivity contribution is 5.79. The minimum absolute atomic E-state index is 0.455. The lowest BCUT2D eigenvalue weighted by Gasteiger charge is -2.02. The fourth-order valence-electron chi connectivity index (χ4n) is 1.73. The van der Waals surface area contributed by atoms with E-state index in [4.69, 9.17) is 9.52 Å². The number of carboxylic acid groups (broad SMARTS) is 1. The Morgan fingerprint density at radius 3 is 3.11 bits per heavy atom. The van der Waals surface area contributed by atoms with Crippen LogP contribution in [0.4, 0.5) is 0 Å². The molecular weight excluding hydrogens is 248 g/mol. The number of aliphatic carboxylic acids is 1. The van der Waals surface area contributed by atoms with Gasteiger partial charge in [0.1, 0.15) is 0 Å². The van der Waals surface area contributed by atoms with E-state index in [2.05, 4.69) is 10.3 Å². The van der Waals surface area contributed by atoms with Gasteiger partial charge in [-0.15, -0.1) is 0 Å². The third kappa shape index (κ3) is 3.82. The Morgan fingerprint density at radius 1 is 1.47 bits per heavy atom. The predicted octanol–water partition coefficient (Wildman–Crippen LogP) is 0.894. The molecular formula is C13H14N2O4. The third-order valence-corrected chi connectivity index (χ3v) is 2.60. The van der Waals surface area contributed by atoms with Crippen LogP contribution >= 0.6 is 0 Å². The minimum atomic E-state index is -0.948. The van der Waals surface area contributed by atoms with Gasteiger partial charge in [0.05, 0.1) is 5.52 Å². The average molecular weight is 262 g/mol. The van der Waals surface area contributed by atoms with E-state index in [9.17, 15) is 9.59 Å². The minimum Gasteiger partial charge on any atom is -0.478 e. The maximum absolute atomic E-state index is 11.0. The first kappa shape index (κ1) is 13.1. The van der Waals surface area contributed by atoms with Crippen LogP contribution in [0, 0.1) is 0 Å². The zero-order valence-corrected chi connectivity index (χ0v) is 10.2. The van der Waals surface area contributed by atoms with Gasteiger partial charge in [0.15, 0.2) is 5.58 Å². The number of hydrogen-bond donors (Lipinski definition) is 3. The van der Waals surface area contributed by atoms with Crippen molar-refractivity contribution in [1.82, 2.24) is 10.3 Å². The quantitative estimate of drug-likeness (QED) is 0.531. The van der Waals surface area contributed by atoms with E-state index < -0.39 is 11.7 Å². The Hall–Kier alpha value is -2.34. The number of benzene rings is 1. The Bertz CT molecular complexity index is 654. The molecule has 6 nitrogen and oxygen atoms in total. The molecule has 0 aliphatic heterocycles. The van der Waals surface area contributed by atoms with Crippen LogP contribution in [0.5, 0.6) is 0 Å². The standard InChI is InChI=1S/C13H14N2O4/c16-12(17)2-1-6-14-7-5-9-3-4-11-10(8-9)15-13(18)19-11/h1-4,8,14H,5-7H2,(H,15,18)(H,16,17)/b2-1+. The first-order valence-electron chi connectivity index (χ1n) is 5.87. The number of nitrogens with one attached hydrogen (secondary N) is 2. The molecule has 1 aromatic carbocycles. The summed E-state index contributed by atoms with van der Waals surface area (Å²) in [6.45, 7) is 1.23. The molecule has 0 fully saturated rings. The number of fused-ring (bicyclic) bond motifs is 1. The number of hydrogen-bond acceptors (Lipinski definition) is 4. The van der Waals surface area contributed by atoms with Crippen LogP contribution in [0.1, 0.15) is 5.56 Å². The molecule has 100 valence electrons. The van der Waals surface area contributed by atoms with Crippen LogP contribution < -0.4 is 11.1 Å². The summed E-state index contributed by atoms with van der Waals surface area (Å²) in [6.07, 6.45) is 3.44. The van der Waals surface area contributed by atoms with Crippen molar-refractivity contribution >= 4 is 17.1 Å². The second-order valence-electron chi connectivity index (χ2n) is 4.04. The van der Waals surface area contributed by atoms with Crippen molar-refractivity contribution < 1.29 is 14.3 Å². The summed E-state index contributed by atoms with van der Waals surface area (Å²) < 4.78 is 4.91. The highest BCUT2D eigenvalue weighted by atomic mass is 16.4. The van der Waals surface area contributed by atoms with E-state index in [0.29, 0.717) is 17.6 Å². The molecule has 6 heteroatoms. The van der Waals surface area contributed by atoms with Crippen molar-refractivity contribution in [2.24, 2.45) is 0 Å². The zero-order chi connectivity index (χ0) is 13.7. The van der Waals surface area contributed by atoms with E-state index >= 15 is 0 Å². The molecule has 19 heavy (non-hydrogen) atoms. The lowest BCUT2D eigenvalue weighted by Crippen LogP contribution is -2.17. The number of carbonyl (C=O) groups is 1. The molecule has 0 spiro atoms. The number of H-pyrrole nitrogens is 1. The third-order valence-electron chi connectivity index (χ3n) is 2.60. The van der Waals surface area contributed by atoms with Gasteiger partial charge >= 0.3 is 11.7 Å². The van der Waals surface area contributed by atoms with Crippen molar-refractivity contribution in [2.45, 2.75) is 6.42 Å². The normalized spacial score (nSPS) is 11.4. The van der Waals surface area contributed by atoms with Crippen molar-refractivity contribution in [3.8, 4) is 0 Å². The number of aromatic nitrogens is 1. The van der Waals surface area contributed by atoms with Crippen LogP contribution in [0.2, 0.25) is 0 Å². The summed E-state index contributed by atoms with van der Waals surface area (Å²) >= 11 is 0. The van der Waals surface area contributed by atoms with Gasteiger partial charge < -0.3 is 14.8 Å². The van der Waals surface area contributed by atoms with Gasteiger partial charge in [-0.2, -0.15) is 0 Å². The Morgan fingerprint density at radius 2 is 2.32 bits per heavy atom. The van der Waals surface area contributed by atoms with Crippen LogP contribution in [-0.4, -0.2) is 29.1 Å². The molecule has 0 saturated heterocycles. The summed E-state index contributed by atoms with van der Waals surface area (Å²) in [5.41, 5.74) is 2.30. The van der Waals surface area contributed by atoms with Gasteiger partial charge in [-0.1, -0.05) is 12.1 Å². The SMILES string of the molecule is O=C(O)/C=C/CNCCc1ccc2oc(=O)[nH]c2c1. The number of carboxylic acids is 1. The average Bonchev–Trinajstić information content (AvgIpc) is 2.72. The highest BCUT2D eigenvalue weighted by Gasteiger charge is 2.01. The van der Waals surface area contributed by atoms with E-state index in [-0.39, 0.29) is 0 Å². The summed E-state index contributed by atoms with van der Waals surface area (Å²) in [6, 6.07) is 5.52. The van der Waals surface area contributed by atoms with Crippen molar-refractivity contribution in [1.29, 1.82) is 0 Å². The second-order valence-corrected chi connectivity index (χ2v) is 4.04. The van der Waals surface area contributed by atoms with Crippen LogP contribution in [0.15, 0.2) is 39.6 Å². The molecule has 1 aromatic heterocycles. The van der Waals surface area contributed by atoms with Crippen LogP contribution in [0.25, 0.3) is 11.1 Å². The first-order chi connectivity index (χ1) is 9.15. The van der Waals surface area contributed by atoms with Crippen molar-refractivity contribution in [2.75, 3.05) is 13.1 Å². The molecule has 0 aliphatic rings. The molecule has 0 radical (unpaired) electrons. The van der Waals surface area contributed by atoms with Crippen molar-refractivity contribution in [3.63, 3.8) is 0 Å². The maximum atomic E-state index is 11.0. The molecule has 0 bridgehead atoms. The van der Waals surface area contributed by atoms with Crippen LogP contribution in [-0.2, 0) is 11.2 Å². The largest absolute Gasteiger partial charge is 0.478 e. The summed E-state index contributed by atoms with van der Waals surface area (Å²) in [5, 5.41) is 11.5. The lowest BCUT2D eigenvalue weighted by molar-refractivity contribution is -0.131. The molecule has 1 heterocycles. The molecule has 2 rings (SSSR count). The van der Waals surface area contributed by atoms with Crippen LogP contribution in [0.3, 0.4) is 0 Å². The number of aromatic amines is 1. The zero-order valence-electron chi connectivity index (χ0n) is 10.2. The van der Waals surface area contributed by atoms with E-state index in [0.717, 1.165) is 24.6 Å². The Labute approximate surface area is 108 Å². The molecule has 0 amide bonds. The summed E-state index contributed by atoms with van der Waals surface area (Å²) in [7, 11) is 0. The van der Waals surface area contributed by atoms with Gasteiger partial charge in [-0.3, -0.25) is 4.98 Å². The van der Waals surface area contributed by atoms with Gasteiger partial charge in [-0.25, -0.2) is 9.59 Å². The molecule has 0 saturated carbocycles. The van der Waals surface area contributed by atoms with Gasteiger partial charge in [0.2, 0.25) is 0 Å². The summed E-state index contributed by atoms with van der Waals surface area (Å²) in [4.78, 5) is 23.8. The first-order valence-corrected chi connectivity index (χ1v) is 5.87. The second kappa shape index (κ2) is 6.01. The molecule has 3 N–H and O–H groups in total. The topological polar surface area (TPSA) is 95.3 Å². The predicted molar refractivity (Wildman–Crippen MR) is 70.2 cm³/mol. The van der Waals surface area contributed by atoms with Crippen molar-refractivity contribution in [3.05, 3.63) is 46.5 Å². The molecule has 2 aromatic rings. The fourth-order valence-corrected chi connectivity index (χ4v) is 1.73. The number of rotatable bonds is 6. The van der Waals surface area contributed by atoms with Gasteiger partial charge in [-0.05, 0) is 30.7 Å². The van der Waals surface area contributed by atoms with Gasteiger partial charge in [0.25, 0.3) is 0 Å². The lowest BCUT2D eigenvalue weighted by atomic mass is 10.1. The Kier molecular flexibility index (Phi) is 4.15.